The number of hydrogen-bond donors (Lipinski definition) is 11. The summed E-state index contributed by atoms with van der Waals surface area (Å²) in [7, 11) is 2.25. The quantitative estimate of drug-likeness (QED) is 0.0158. The lowest BCUT2D eigenvalue weighted by Crippen LogP contribution is -2.59. The van der Waals surface area contributed by atoms with Crippen molar-refractivity contribution in [1.29, 1.82) is 0 Å². The fraction of sp³-hybridized carbons (Fsp3) is 0.433. The summed E-state index contributed by atoms with van der Waals surface area (Å²) in [5.74, 6) is -11.3. The Hall–Kier alpha value is -5.55. The van der Waals surface area contributed by atoms with Gasteiger partial charge in [-0.15, -0.1) is 0 Å². The average Bonchev–Trinajstić information content (AvgIpc) is 3.06. The molecule has 0 saturated heterocycles. The number of rotatable bonds is 26. The minimum atomic E-state index is -1.95. The largest absolute Gasteiger partial charge is 0.497 e. The van der Waals surface area contributed by atoms with E-state index in [1.54, 1.807) is 24.3 Å². The number of aliphatic imine (C=N–C) groups is 1. The molecule has 5 atom stereocenters. The van der Waals surface area contributed by atoms with Crippen molar-refractivity contribution in [2.75, 3.05) is 12.3 Å². The Labute approximate surface area is 310 Å². The monoisotopic (exact) mass is 786 g/mol. The normalized spacial score (nSPS) is 13.4. The Balaban J connectivity index is 3.10. The number of ether oxygens (including phenoxy) is 1. The highest BCUT2D eigenvalue weighted by molar-refractivity contribution is 8.76. The number of hydrogen-bond acceptors (Lipinski definition) is 13. The van der Waals surface area contributed by atoms with E-state index >= 15 is 0 Å². The fourth-order valence-electron chi connectivity index (χ4n) is 4.06. The number of benzene rings is 1. The Morgan fingerprint density at radius 2 is 1.25 bits per heavy atom. The summed E-state index contributed by atoms with van der Waals surface area (Å²) in [6.07, 6.45) is -1.80. The topological polar surface area (TPSA) is 365 Å². The number of aliphatic carboxylic acids is 4. The summed E-state index contributed by atoms with van der Waals surface area (Å²) in [5.41, 5.74) is 17.0. The molecule has 14 N–H and O–H groups in total. The van der Waals surface area contributed by atoms with Crippen molar-refractivity contribution in [3.05, 3.63) is 42.7 Å². The van der Waals surface area contributed by atoms with Crippen LogP contribution in [0.3, 0.4) is 0 Å². The molecule has 0 heterocycles. The Morgan fingerprint density at radius 3 is 1.72 bits per heavy atom. The van der Waals surface area contributed by atoms with Crippen LogP contribution < -0.4 is 38.5 Å². The highest BCUT2D eigenvalue weighted by atomic mass is 33.1. The molecular formula is C30H42N8O13S2. The van der Waals surface area contributed by atoms with E-state index in [4.69, 9.17) is 27.0 Å². The number of carbonyl (C=O) groups excluding carboxylic acids is 4. The third-order valence-electron chi connectivity index (χ3n) is 6.63. The van der Waals surface area contributed by atoms with E-state index < -0.39 is 97.0 Å². The molecule has 0 unspecified atom stereocenters. The van der Waals surface area contributed by atoms with Crippen LogP contribution in [0.25, 0.3) is 0 Å². The lowest BCUT2D eigenvalue weighted by Gasteiger charge is -2.25. The first-order valence-corrected chi connectivity index (χ1v) is 17.8. The maximum atomic E-state index is 13.2. The second-order valence-electron chi connectivity index (χ2n) is 10.9. The van der Waals surface area contributed by atoms with Gasteiger partial charge in [-0.2, -0.15) is 0 Å². The molecule has 23 heteroatoms. The van der Waals surface area contributed by atoms with Crippen molar-refractivity contribution in [3.63, 3.8) is 0 Å². The molecule has 0 aromatic heterocycles. The molecule has 0 aliphatic heterocycles. The molecule has 21 nitrogen and oxygen atoms in total. The summed E-state index contributed by atoms with van der Waals surface area (Å²) < 4.78 is 5.11. The van der Waals surface area contributed by atoms with Crippen LogP contribution in [-0.4, -0.2) is 116 Å². The molecule has 0 saturated carbocycles. The molecule has 0 aliphatic carbocycles. The van der Waals surface area contributed by atoms with Crippen LogP contribution in [0.4, 0.5) is 0 Å². The van der Waals surface area contributed by atoms with Gasteiger partial charge in [0.1, 0.15) is 30.8 Å². The van der Waals surface area contributed by atoms with Crippen LogP contribution in [0, 0.1) is 0 Å². The van der Waals surface area contributed by atoms with Crippen LogP contribution in [0.15, 0.2) is 47.0 Å². The van der Waals surface area contributed by atoms with Crippen molar-refractivity contribution in [3.8, 4) is 0 Å². The zero-order chi connectivity index (χ0) is 40.1. The number of carboxylic acids is 4. The number of guanidine groups is 1. The van der Waals surface area contributed by atoms with E-state index in [2.05, 4.69) is 27.5 Å². The van der Waals surface area contributed by atoms with Gasteiger partial charge in [-0.05, 0) is 30.5 Å². The molecule has 0 spiro atoms. The van der Waals surface area contributed by atoms with E-state index in [1.807, 2.05) is 5.32 Å². The van der Waals surface area contributed by atoms with Crippen molar-refractivity contribution in [1.82, 2.24) is 21.3 Å². The first-order chi connectivity index (χ1) is 24.9. The predicted molar refractivity (Wildman–Crippen MR) is 190 cm³/mol. The summed E-state index contributed by atoms with van der Waals surface area (Å²) in [5, 5.41) is 46.0. The van der Waals surface area contributed by atoms with Gasteiger partial charge in [0.2, 0.25) is 23.6 Å². The molecule has 1 aromatic rings. The van der Waals surface area contributed by atoms with Crippen LogP contribution in [0.1, 0.15) is 37.7 Å². The van der Waals surface area contributed by atoms with Crippen molar-refractivity contribution in [2.24, 2.45) is 22.2 Å². The number of amides is 4. The third kappa shape index (κ3) is 19.0. The van der Waals surface area contributed by atoms with Gasteiger partial charge in [-0.3, -0.25) is 38.6 Å². The van der Waals surface area contributed by atoms with Gasteiger partial charge in [0.05, 0.1) is 31.6 Å². The van der Waals surface area contributed by atoms with Gasteiger partial charge < -0.3 is 63.6 Å². The zero-order valence-electron chi connectivity index (χ0n) is 28.1. The first-order valence-electron chi connectivity index (χ1n) is 15.4. The van der Waals surface area contributed by atoms with E-state index in [9.17, 15) is 53.7 Å². The third-order valence-corrected chi connectivity index (χ3v) is 9.02. The molecule has 53 heavy (non-hydrogen) atoms. The minimum absolute atomic E-state index is 0.0257. The molecule has 0 aliphatic rings. The molecule has 1 aromatic carbocycles. The Kier molecular flexibility index (Phi) is 20.4. The molecule has 1 rings (SSSR count). The highest BCUT2D eigenvalue weighted by Crippen LogP contribution is 2.31. The number of carbonyl (C=O) groups is 8. The molecule has 0 bridgehead atoms. The SMILES string of the molecule is C=COCc1ccc(SSC[C@H](NC(=O)[C@H](CC(=O)O)NC(=O)[C@H](CC(=O)O)NC(=O)[C@H](CCCN=C(N)N)NC(=O)[C@@H](N)CC(=O)O)C(=O)O)cc1. The van der Waals surface area contributed by atoms with Crippen LogP contribution >= 0.6 is 21.6 Å². The predicted octanol–water partition coefficient (Wildman–Crippen LogP) is -2.08. The van der Waals surface area contributed by atoms with E-state index in [-0.39, 0.29) is 31.1 Å². The van der Waals surface area contributed by atoms with Crippen molar-refractivity contribution in [2.45, 2.75) is 73.8 Å². The maximum Gasteiger partial charge on any atom is 0.327 e. The van der Waals surface area contributed by atoms with Gasteiger partial charge >= 0.3 is 23.9 Å². The van der Waals surface area contributed by atoms with Crippen molar-refractivity contribution < 1.29 is 63.5 Å². The minimum Gasteiger partial charge on any atom is -0.497 e. The number of nitrogens with one attached hydrogen (secondary N) is 4. The van der Waals surface area contributed by atoms with Crippen molar-refractivity contribution >= 4 is 75.1 Å². The van der Waals surface area contributed by atoms with Crippen LogP contribution in [0.5, 0.6) is 0 Å². The smallest absolute Gasteiger partial charge is 0.327 e. The van der Waals surface area contributed by atoms with E-state index in [0.717, 1.165) is 21.3 Å². The fourth-order valence-corrected chi connectivity index (χ4v) is 6.23. The first kappa shape index (κ1) is 45.5. The summed E-state index contributed by atoms with van der Waals surface area (Å²) in [6, 6.07) is -1.46. The molecule has 0 radical (unpaired) electrons. The molecular weight excluding hydrogens is 745 g/mol. The van der Waals surface area contributed by atoms with Gasteiger partial charge in [-0.1, -0.05) is 40.3 Å². The zero-order valence-corrected chi connectivity index (χ0v) is 29.7. The second kappa shape index (κ2) is 23.8. The molecule has 292 valence electrons. The average molecular weight is 787 g/mol. The van der Waals surface area contributed by atoms with Gasteiger partial charge in [0, 0.05) is 17.2 Å². The van der Waals surface area contributed by atoms with Crippen LogP contribution in [0.2, 0.25) is 0 Å². The summed E-state index contributed by atoms with van der Waals surface area (Å²) in [4.78, 5) is 103. The van der Waals surface area contributed by atoms with Gasteiger partial charge in [0.15, 0.2) is 5.96 Å². The van der Waals surface area contributed by atoms with Crippen LogP contribution in [-0.2, 0) is 49.7 Å². The standard InChI is InChI=1S/C30H42N8O13S2/c1-2-51-13-15-5-7-16(8-6-15)53-52-14-21(29(49)50)38-28(48)20(12-24(43)44)37-27(47)19(11-23(41)42)36-26(46)18(4-3-9-34-30(32)33)35-25(45)17(31)10-22(39)40/h2,5-8,17-21H,1,3-4,9-14,31H2,(H,35,45)(H,36,46)(H,37,47)(H,38,48)(H,39,40)(H,41,42)(H,43,44)(H,49,50)(H4,32,33,34)/t17-,18-,19-,20-,21-/m0/s1. The maximum absolute atomic E-state index is 13.2. The lowest BCUT2D eigenvalue weighted by atomic mass is 10.1. The lowest BCUT2D eigenvalue weighted by molar-refractivity contribution is -0.144. The molecule has 4 amide bonds. The van der Waals surface area contributed by atoms with Gasteiger partial charge in [-0.25, -0.2) is 4.79 Å². The summed E-state index contributed by atoms with van der Waals surface area (Å²) >= 11 is 0. The number of nitrogens with zero attached hydrogens (tertiary/aromatic N) is 1. The Morgan fingerprint density at radius 1 is 0.755 bits per heavy atom. The van der Waals surface area contributed by atoms with E-state index in [1.165, 1.54) is 17.1 Å². The second-order valence-corrected chi connectivity index (χ2v) is 13.3. The summed E-state index contributed by atoms with van der Waals surface area (Å²) in [6.45, 7) is 3.74. The highest BCUT2D eigenvalue weighted by Gasteiger charge is 2.34. The number of carboxylic acid groups (broad SMARTS) is 4. The number of nitrogens with two attached hydrogens (primary N) is 3. The molecule has 0 fully saturated rings. The van der Waals surface area contributed by atoms with E-state index in [0.29, 0.717) is 6.61 Å². The van der Waals surface area contributed by atoms with Gasteiger partial charge in [0.25, 0.3) is 0 Å². The Bertz CT molecular complexity index is 1510.